The van der Waals surface area contributed by atoms with Gasteiger partial charge in [0, 0.05) is 26.2 Å². The van der Waals surface area contributed by atoms with Crippen molar-refractivity contribution in [2.45, 2.75) is 6.92 Å². The lowest BCUT2D eigenvalue weighted by Crippen LogP contribution is -2.44. The molecule has 0 atom stereocenters. The number of aromatic nitrogens is 1. The Morgan fingerprint density at radius 3 is 2.60 bits per heavy atom. The Morgan fingerprint density at radius 2 is 2.00 bits per heavy atom. The van der Waals surface area contributed by atoms with Crippen molar-refractivity contribution in [2.75, 3.05) is 38.1 Å². The van der Waals surface area contributed by atoms with E-state index in [9.17, 15) is 0 Å². The highest BCUT2D eigenvalue weighted by atomic mass is 32.1. The van der Waals surface area contributed by atoms with Crippen LogP contribution in [0.4, 0.5) is 5.82 Å². The molecule has 1 aliphatic heterocycles. The van der Waals surface area contributed by atoms with E-state index in [1.807, 2.05) is 6.92 Å². The molecule has 0 saturated carbocycles. The third kappa shape index (κ3) is 2.11. The summed E-state index contributed by atoms with van der Waals surface area (Å²) in [7, 11) is 2.12. The third-order valence-electron chi connectivity index (χ3n) is 2.62. The fraction of sp³-hybridized carbons (Fsp3) is 0.600. The Hall–Kier alpha value is -1.12. The fourth-order valence-corrected chi connectivity index (χ4v) is 2.46. The molecule has 0 radical (unpaired) electrons. The minimum Gasteiger partial charge on any atom is -0.352 e. The summed E-state index contributed by atoms with van der Waals surface area (Å²) in [6.45, 7) is 5.97. The molecule has 2 heterocycles. The zero-order valence-electron chi connectivity index (χ0n) is 9.03. The van der Waals surface area contributed by atoms with Gasteiger partial charge >= 0.3 is 0 Å². The van der Waals surface area contributed by atoms with Crippen LogP contribution in [0.5, 0.6) is 0 Å². The van der Waals surface area contributed by atoms with E-state index in [1.165, 1.54) is 11.3 Å². The van der Waals surface area contributed by atoms with Crippen LogP contribution in [0.15, 0.2) is 0 Å². The summed E-state index contributed by atoms with van der Waals surface area (Å²) in [5.41, 5.74) is 0. The van der Waals surface area contributed by atoms with Crippen molar-refractivity contribution in [3.05, 3.63) is 9.88 Å². The van der Waals surface area contributed by atoms with Crippen molar-refractivity contribution in [3.63, 3.8) is 0 Å². The van der Waals surface area contributed by atoms with Crippen LogP contribution in [0.3, 0.4) is 0 Å². The van der Waals surface area contributed by atoms with Gasteiger partial charge in [-0.05, 0) is 14.0 Å². The highest BCUT2D eigenvalue weighted by molar-refractivity contribution is 7.12. The number of hydrogen-bond acceptors (Lipinski definition) is 5. The van der Waals surface area contributed by atoms with Gasteiger partial charge in [-0.2, -0.15) is 5.26 Å². The normalized spacial score (nSPS) is 17.8. The molecular formula is C10H14N4S. The first kappa shape index (κ1) is 10.4. The van der Waals surface area contributed by atoms with Crippen molar-refractivity contribution in [1.82, 2.24) is 9.88 Å². The van der Waals surface area contributed by atoms with Crippen molar-refractivity contribution >= 4 is 17.2 Å². The van der Waals surface area contributed by atoms with Crippen molar-refractivity contribution in [3.8, 4) is 6.07 Å². The number of anilines is 1. The van der Waals surface area contributed by atoms with E-state index in [0.29, 0.717) is 0 Å². The average Bonchev–Trinajstić information content (AvgIpc) is 2.61. The molecule has 1 aliphatic rings. The first-order chi connectivity index (χ1) is 7.20. The molecule has 1 aromatic rings. The Balaban J connectivity index is 2.19. The van der Waals surface area contributed by atoms with E-state index in [4.69, 9.17) is 5.26 Å². The Labute approximate surface area is 93.8 Å². The van der Waals surface area contributed by atoms with Gasteiger partial charge in [0.05, 0.1) is 5.01 Å². The van der Waals surface area contributed by atoms with E-state index in [2.05, 4.69) is 27.9 Å². The number of nitrogens with zero attached hydrogens (tertiary/aromatic N) is 4. The molecule has 4 nitrogen and oxygen atoms in total. The smallest absolute Gasteiger partial charge is 0.158 e. The molecule has 2 rings (SSSR count). The molecule has 1 saturated heterocycles. The molecular weight excluding hydrogens is 208 g/mol. The number of rotatable bonds is 1. The second kappa shape index (κ2) is 4.17. The highest BCUT2D eigenvalue weighted by Crippen LogP contribution is 2.25. The lowest BCUT2D eigenvalue weighted by atomic mass is 10.3. The molecule has 0 aliphatic carbocycles. The van der Waals surface area contributed by atoms with Crippen LogP contribution >= 0.6 is 11.3 Å². The predicted octanol–water partition coefficient (Wildman–Crippen LogP) is 1.08. The Bertz CT molecular complexity index is 385. The summed E-state index contributed by atoms with van der Waals surface area (Å²) in [5.74, 6) is 0.883. The molecule has 1 aromatic heterocycles. The van der Waals surface area contributed by atoms with Gasteiger partial charge in [-0.25, -0.2) is 4.98 Å². The highest BCUT2D eigenvalue weighted by Gasteiger charge is 2.19. The van der Waals surface area contributed by atoms with E-state index in [1.54, 1.807) is 0 Å². The molecule has 0 aromatic carbocycles. The zero-order valence-corrected chi connectivity index (χ0v) is 9.84. The maximum atomic E-state index is 9.00. The van der Waals surface area contributed by atoms with Crippen LogP contribution in [-0.4, -0.2) is 43.1 Å². The van der Waals surface area contributed by atoms with E-state index < -0.39 is 0 Å². The summed E-state index contributed by atoms with van der Waals surface area (Å²) in [5, 5.41) is 9.97. The summed E-state index contributed by atoms with van der Waals surface area (Å²) in [4.78, 5) is 9.68. The largest absolute Gasteiger partial charge is 0.352 e. The van der Waals surface area contributed by atoms with Gasteiger partial charge in [0.15, 0.2) is 5.82 Å². The quantitative estimate of drug-likeness (QED) is 0.713. The predicted molar refractivity (Wildman–Crippen MR) is 61.3 cm³/mol. The average molecular weight is 222 g/mol. The first-order valence-electron chi connectivity index (χ1n) is 5.01. The molecule has 0 bridgehead atoms. The number of likely N-dealkylation sites (N-methyl/N-ethyl adjacent to an activating group) is 1. The van der Waals surface area contributed by atoms with Crippen LogP contribution in [0.25, 0.3) is 0 Å². The molecule has 80 valence electrons. The minimum atomic E-state index is 0.747. The lowest BCUT2D eigenvalue weighted by molar-refractivity contribution is 0.312. The summed E-state index contributed by atoms with van der Waals surface area (Å²) in [6.07, 6.45) is 0. The first-order valence-corrected chi connectivity index (χ1v) is 5.83. The van der Waals surface area contributed by atoms with Crippen LogP contribution < -0.4 is 4.90 Å². The number of piperazine rings is 1. The number of aryl methyl sites for hydroxylation is 1. The van der Waals surface area contributed by atoms with Crippen LogP contribution in [0, 0.1) is 18.3 Å². The Morgan fingerprint density at radius 1 is 1.33 bits per heavy atom. The van der Waals surface area contributed by atoms with E-state index in [-0.39, 0.29) is 0 Å². The monoisotopic (exact) mass is 222 g/mol. The maximum absolute atomic E-state index is 9.00. The molecule has 5 heteroatoms. The minimum absolute atomic E-state index is 0.747. The van der Waals surface area contributed by atoms with Gasteiger partial charge in [-0.15, -0.1) is 11.3 Å². The second-order valence-corrected chi connectivity index (χ2v) is 4.99. The second-order valence-electron chi connectivity index (χ2n) is 3.79. The third-order valence-corrected chi connectivity index (χ3v) is 3.49. The zero-order chi connectivity index (χ0) is 10.8. The van der Waals surface area contributed by atoms with Crippen LogP contribution in [0.1, 0.15) is 9.88 Å². The summed E-state index contributed by atoms with van der Waals surface area (Å²) >= 11 is 1.48. The Kier molecular flexibility index (Phi) is 2.89. The molecule has 0 amide bonds. The SMILES string of the molecule is Cc1nc(N2CCN(C)CC2)c(C#N)s1. The van der Waals surface area contributed by atoms with Gasteiger partial charge in [0.1, 0.15) is 10.9 Å². The van der Waals surface area contributed by atoms with E-state index >= 15 is 0 Å². The number of nitriles is 1. The lowest BCUT2D eigenvalue weighted by Gasteiger charge is -2.32. The standard InChI is InChI=1S/C10H14N4S/c1-8-12-10(9(7-11)15-8)14-5-3-13(2)4-6-14/h3-6H2,1-2H3. The summed E-state index contributed by atoms with van der Waals surface area (Å²) in [6, 6.07) is 2.23. The molecule has 15 heavy (non-hydrogen) atoms. The van der Waals surface area contributed by atoms with Crippen LogP contribution in [-0.2, 0) is 0 Å². The topological polar surface area (TPSA) is 43.2 Å². The van der Waals surface area contributed by atoms with Crippen molar-refractivity contribution in [1.29, 1.82) is 5.26 Å². The molecule has 0 N–H and O–H groups in total. The summed E-state index contributed by atoms with van der Waals surface area (Å²) < 4.78 is 0. The number of thiazole rings is 1. The van der Waals surface area contributed by atoms with Crippen molar-refractivity contribution in [2.24, 2.45) is 0 Å². The molecule has 1 fully saturated rings. The van der Waals surface area contributed by atoms with Crippen LogP contribution in [0.2, 0.25) is 0 Å². The van der Waals surface area contributed by atoms with Gasteiger partial charge in [-0.1, -0.05) is 0 Å². The van der Waals surface area contributed by atoms with Gasteiger partial charge < -0.3 is 9.80 Å². The van der Waals surface area contributed by atoms with Crippen molar-refractivity contribution < 1.29 is 0 Å². The molecule has 0 unspecified atom stereocenters. The van der Waals surface area contributed by atoms with Gasteiger partial charge in [0.25, 0.3) is 0 Å². The number of hydrogen-bond donors (Lipinski definition) is 0. The van der Waals surface area contributed by atoms with E-state index in [0.717, 1.165) is 41.9 Å². The van der Waals surface area contributed by atoms with Gasteiger partial charge in [0.2, 0.25) is 0 Å². The fourth-order valence-electron chi connectivity index (χ4n) is 1.72. The maximum Gasteiger partial charge on any atom is 0.158 e. The van der Waals surface area contributed by atoms with Gasteiger partial charge in [-0.3, -0.25) is 0 Å². The molecule has 0 spiro atoms.